The van der Waals surface area contributed by atoms with Gasteiger partial charge in [-0.1, -0.05) is 0 Å². The number of carbonyl (C=O) groups is 1. The van der Waals surface area contributed by atoms with Crippen molar-refractivity contribution in [2.24, 2.45) is 5.41 Å². The predicted octanol–water partition coefficient (Wildman–Crippen LogP) is 3.20. The van der Waals surface area contributed by atoms with Gasteiger partial charge in [-0.25, -0.2) is 4.39 Å². The summed E-state index contributed by atoms with van der Waals surface area (Å²) in [5.74, 6) is -1.37. The lowest BCUT2D eigenvalue weighted by Gasteiger charge is -2.22. The minimum absolute atomic E-state index is 0. The molecule has 0 saturated carbocycles. The summed E-state index contributed by atoms with van der Waals surface area (Å²) in [6.45, 7) is 2.75. The Bertz CT molecular complexity index is 527. The lowest BCUT2D eigenvalue weighted by Crippen LogP contribution is -2.35. The average molecular weight is 327 g/mol. The van der Waals surface area contributed by atoms with Gasteiger partial charge in [-0.2, -0.15) is 13.2 Å². The molecule has 3 nitrogen and oxygen atoms in total. The molecule has 2 rings (SSSR count). The van der Waals surface area contributed by atoms with Crippen molar-refractivity contribution in [1.29, 1.82) is 0 Å². The van der Waals surface area contributed by atoms with Crippen LogP contribution < -0.4 is 10.6 Å². The molecule has 118 valence electrons. The molecule has 1 unspecified atom stereocenters. The van der Waals surface area contributed by atoms with Crippen LogP contribution in [-0.2, 0) is 11.0 Å². The lowest BCUT2D eigenvalue weighted by molar-refractivity contribution is -0.137. The van der Waals surface area contributed by atoms with Gasteiger partial charge in [-0.3, -0.25) is 4.79 Å². The van der Waals surface area contributed by atoms with Crippen molar-refractivity contribution in [3.63, 3.8) is 0 Å². The summed E-state index contributed by atoms with van der Waals surface area (Å²) < 4.78 is 51.2. The molecule has 0 aromatic heterocycles. The maximum Gasteiger partial charge on any atom is 0.416 e. The van der Waals surface area contributed by atoms with E-state index >= 15 is 0 Å². The second kappa shape index (κ2) is 6.19. The van der Waals surface area contributed by atoms with Gasteiger partial charge >= 0.3 is 6.18 Å². The first-order valence-electron chi connectivity index (χ1n) is 6.11. The third kappa shape index (κ3) is 3.85. The number of rotatable bonds is 2. The topological polar surface area (TPSA) is 41.1 Å². The SMILES string of the molecule is CC1(C(=O)Nc2cc(C(F)(F)F)ccc2F)CCNC1.Cl. The third-order valence-corrected chi connectivity index (χ3v) is 3.46. The minimum atomic E-state index is -4.58. The van der Waals surface area contributed by atoms with E-state index in [1.165, 1.54) is 0 Å². The molecule has 1 heterocycles. The molecule has 1 saturated heterocycles. The zero-order valence-corrected chi connectivity index (χ0v) is 12.0. The van der Waals surface area contributed by atoms with Gasteiger partial charge in [0.2, 0.25) is 5.91 Å². The number of halogens is 5. The molecule has 1 aromatic carbocycles. The van der Waals surface area contributed by atoms with Crippen LogP contribution in [-0.4, -0.2) is 19.0 Å². The summed E-state index contributed by atoms with van der Waals surface area (Å²) in [7, 11) is 0. The van der Waals surface area contributed by atoms with E-state index in [2.05, 4.69) is 10.6 Å². The van der Waals surface area contributed by atoms with Crippen LogP contribution in [0.4, 0.5) is 23.2 Å². The number of alkyl halides is 3. The lowest BCUT2D eigenvalue weighted by atomic mass is 9.88. The highest BCUT2D eigenvalue weighted by molar-refractivity contribution is 5.95. The molecule has 1 aromatic rings. The Balaban J connectivity index is 0.00000220. The predicted molar refractivity (Wildman–Crippen MR) is 72.9 cm³/mol. The number of anilines is 1. The Labute approximate surface area is 125 Å². The van der Waals surface area contributed by atoms with Crippen LogP contribution >= 0.6 is 12.4 Å². The van der Waals surface area contributed by atoms with Crippen LogP contribution in [0.25, 0.3) is 0 Å². The van der Waals surface area contributed by atoms with E-state index in [1.54, 1.807) is 6.92 Å². The van der Waals surface area contributed by atoms with Crippen LogP contribution in [0, 0.1) is 11.2 Å². The molecule has 2 N–H and O–H groups in total. The van der Waals surface area contributed by atoms with Crippen molar-refractivity contribution in [3.05, 3.63) is 29.6 Å². The summed E-state index contributed by atoms with van der Waals surface area (Å²) in [5, 5.41) is 5.25. The Morgan fingerprint density at radius 1 is 1.38 bits per heavy atom. The molecule has 8 heteroatoms. The highest BCUT2D eigenvalue weighted by Crippen LogP contribution is 2.33. The van der Waals surface area contributed by atoms with E-state index in [4.69, 9.17) is 0 Å². The van der Waals surface area contributed by atoms with Crippen LogP contribution in [0.2, 0.25) is 0 Å². The average Bonchev–Trinajstić information content (AvgIpc) is 2.79. The molecular formula is C13H15ClF4N2O. The van der Waals surface area contributed by atoms with E-state index in [9.17, 15) is 22.4 Å². The standard InChI is InChI=1S/C13H14F4N2O.ClH/c1-12(4-5-18-7-12)11(20)19-10-6-8(13(15,16)17)2-3-9(10)14;/h2-3,6,18H,4-5,7H2,1H3,(H,19,20);1H. The van der Waals surface area contributed by atoms with Gasteiger partial charge in [0, 0.05) is 6.54 Å². The number of hydrogen-bond acceptors (Lipinski definition) is 2. The molecule has 1 atom stereocenters. The van der Waals surface area contributed by atoms with Gasteiger partial charge < -0.3 is 10.6 Å². The minimum Gasteiger partial charge on any atom is -0.323 e. The fourth-order valence-electron chi connectivity index (χ4n) is 2.08. The van der Waals surface area contributed by atoms with Gasteiger partial charge in [-0.15, -0.1) is 12.4 Å². The van der Waals surface area contributed by atoms with Gasteiger partial charge in [0.05, 0.1) is 16.7 Å². The number of hydrogen-bond donors (Lipinski definition) is 2. The van der Waals surface area contributed by atoms with Crippen molar-refractivity contribution in [1.82, 2.24) is 5.32 Å². The monoisotopic (exact) mass is 326 g/mol. The number of benzene rings is 1. The van der Waals surface area contributed by atoms with Crippen molar-refractivity contribution >= 4 is 24.0 Å². The summed E-state index contributed by atoms with van der Waals surface area (Å²) in [5.41, 5.74) is -2.18. The van der Waals surface area contributed by atoms with Crippen molar-refractivity contribution in [2.45, 2.75) is 19.5 Å². The first kappa shape index (κ1) is 17.7. The smallest absolute Gasteiger partial charge is 0.323 e. The summed E-state index contributed by atoms with van der Waals surface area (Å²) in [6.07, 6.45) is -4.02. The molecule has 0 bridgehead atoms. The molecule has 0 aliphatic carbocycles. The van der Waals surface area contributed by atoms with E-state index in [-0.39, 0.29) is 12.4 Å². The zero-order valence-electron chi connectivity index (χ0n) is 11.2. The van der Waals surface area contributed by atoms with Gasteiger partial charge in [0.15, 0.2) is 0 Å². The first-order chi connectivity index (χ1) is 9.22. The summed E-state index contributed by atoms with van der Waals surface area (Å²) in [4.78, 5) is 12.1. The summed E-state index contributed by atoms with van der Waals surface area (Å²) in [6, 6.07) is 1.95. The fourth-order valence-corrected chi connectivity index (χ4v) is 2.08. The molecule has 1 aliphatic rings. The Morgan fingerprint density at radius 3 is 2.57 bits per heavy atom. The summed E-state index contributed by atoms with van der Waals surface area (Å²) >= 11 is 0. The van der Waals surface area contributed by atoms with Gasteiger partial charge in [0.1, 0.15) is 5.82 Å². The van der Waals surface area contributed by atoms with E-state index in [1.807, 2.05) is 0 Å². The molecule has 1 aliphatic heterocycles. The van der Waals surface area contributed by atoms with Crippen LogP contribution in [0.1, 0.15) is 18.9 Å². The highest BCUT2D eigenvalue weighted by Gasteiger charge is 2.37. The number of nitrogens with one attached hydrogen (secondary N) is 2. The number of carbonyl (C=O) groups excluding carboxylic acids is 1. The Morgan fingerprint density at radius 2 is 2.05 bits per heavy atom. The number of amides is 1. The maximum atomic E-state index is 13.5. The van der Waals surface area contributed by atoms with Crippen LogP contribution in [0.5, 0.6) is 0 Å². The normalized spacial score (nSPS) is 21.8. The van der Waals surface area contributed by atoms with Crippen molar-refractivity contribution < 1.29 is 22.4 Å². The molecular weight excluding hydrogens is 312 g/mol. The third-order valence-electron chi connectivity index (χ3n) is 3.46. The largest absolute Gasteiger partial charge is 0.416 e. The fraction of sp³-hybridized carbons (Fsp3) is 0.462. The first-order valence-corrected chi connectivity index (χ1v) is 6.11. The van der Waals surface area contributed by atoms with Gasteiger partial charge in [0.25, 0.3) is 0 Å². The second-order valence-electron chi connectivity index (χ2n) is 5.13. The van der Waals surface area contributed by atoms with Crippen molar-refractivity contribution in [2.75, 3.05) is 18.4 Å². The molecule has 1 fully saturated rings. The molecule has 0 spiro atoms. The second-order valence-corrected chi connectivity index (χ2v) is 5.13. The quantitative estimate of drug-likeness (QED) is 0.819. The van der Waals surface area contributed by atoms with E-state index < -0.39 is 34.6 Å². The maximum absolute atomic E-state index is 13.5. The molecule has 1 amide bonds. The molecule has 0 radical (unpaired) electrons. The highest BCUT2D eigenvalue weighted by atomic mass is 35.5. The zero-order chi connectivity index (χ0) is 15.0. The van der Waals surface area contributed by atoms with Gasteiger partial charge in [-0.05, 0) is 38.1 Å². The van der Waals surface area contributed by atoms with E-state index in [0.29, 0.717) is 37.7 Å². The Kier molecular flexibility index (Phi) is 5.22. The van der Waals surface area contributed by atoms with Crippen molar-refractivity contribution in [3.8, 4) is 0 Å². The van der Waals surface area contributed by atoms with E-state index in [0.717, 1.165) is 0 Å². The van der Waals surface area contributed by atoms with Crippen LogP contribution in [0.3, 0.4) is 0 Å². The Hall–Kier alpha value is -1.34. The van der Waals surface area contributed by atoms with Crippen LogP contribution in [0.15, 0.2) is 18.2 Å². The molecule has 21 heavy (non-hydrogen) atoms.